The number of urea groups is 1. The standard InChI is InChI=1S/C25H22N4O5/c1-25(2,3)20-11-22(29-34-20)28-24(32)27-21-10-13-6-15(7-16(13)12-26-21)23(31)19-9-14-8-17(30)4-5-18(14)33-19/h4-6,8-12,30H,7H2,1-3H3,(H2,26,27,28,29,32). The Bertz CT molecular complexity index is 1470. The van der Waals surface area contributed by atoms with E-state index < -0.39 is 6.03 Å². The Kier molecular flexibility index (Phi) is 4.97. The Hall–Kier alpha value is -4.40. The maximum Gasteiger partial charge on any atom is 0.326 e. The summed E-state index contributed by atoms with van der Waals surface area (Å²) < 4.78 is 10.9. The van der Waals surface area contributed by atoms with Crippen molar-refractivity contribution >= 4 is 40.5 Å². The monoisotopic (exact) mass is 458 g/mol. The van der Waals surface area contributed by atoms with E-state index in [0.29, 0.717) is 40.4 Å². The fourth-order valence-electron chi connectivity index (χ4n) is 3.69. The summed E-state index contributed by atoms with van der Waals surface area (Å²) in [6.45, 7) is 5.95. The number of pyridine rings is 1. The molecule has 4 aromatic rings. The Morgan fingerprint density at radius 3 is 2.62 bits per heavy atom. The van der Waals surface area contributed by atoms with Crippen LogP contribution in [0.3, 0.4) is 0 Å². The number of furan rings is 1. The van der Waals surface area contributed by atoms with Gasteiger partial charge in [0.25, 0.3) is 0 Å². The summed E-state index contributed by atoms with van der Waals surface area (Å²) in [5, 5.41) is 19.4. The molecular weight excluding hydrogens is 436 g/mol. The molecule has 5 rings (SSSR count). The number of anilines is 2. The number of nitrogens with zero attached hydrogens (tertiary/aromatic N) is 2. The van der Waals surface area contributed by atoms with Crippen LogP contribution in [0.1, 0.15) is 48.2 Å². The third-order valence-electron chi connectivity index (χ3n) is 5.48. The second-order valence-electron chi connectivity index (χ2n) is 9.18. The molecule has 34 heavy (non-hydrogen) atoms. The molecule has 1 aromatic carbocycles. The van der Waals surface area contributed by atoms with Gasteiger partial charge < -0.3 is 14.0 Å². The highest BCUT2D eigenvalue weighted by Gasteiger charge is 2.24. The average molecular weight is 458 g/mol. The van der Waals surface area contributed by atoms with E-state index in [0.717, 1.165) is 11.1 Å². The molecule has 0 saturated carbocycles. The number of amides is 2. The summed E-state index contributed by atoms with van der Waals surface area (Å²) in [4.78, 5) is 29.6. The number of Topliss-reactive ketones (excluding diaryl/α,β-unsaturated/α-hetero) is 1. The smallest absolute Gasteiger partial charge is 0.326 e. The van der Waals surface area contributed by atoms with Crippen LogP contribution in [0.15, 0.2) is 57.1 Å². The van der Waals surface area contributed by atoms with Crippen molar-refractivity contribution in [1.82, 2.24) is 10.1 Å². The topological polar surface area (TPSA) is 130 Å². The molecule has 3 heterocycles. The van der Waals surface area contributed by atoms with E-state index in [9.17, 15) is 14.7 Å². The number of fused-ring (bicyclic) bond motifs is 2. The minimum absolute atomic E-state index is 0.105. The molecule has 0 bridgehead atoms. The molecule has 0 unspecified atom stereocenters. The number of phenols is 1. The van der Waals surface area contributed by atoms with E-state index in [4.69, 9.17) is 8.94 Å². The quantitative estimate of drug-likeness (QED) is 0.354. The number of aromatic hydroxyl groups is 1. The van der Waals surface area contributed by atoms with Crippen molar-refractivity contribution in [3.8, 4) is 5.75 Å². The molecule has 0 spiro atoms. The SMILES string of the molecule is CC(C)(C)c1cc(NC(=O)Nc2cc3c(cn2)CC(C(=O)c2cc4cc(O)ccc4o2)=C3)no1. The van der Waals surface area contributed by atoms with Gasteiger partial charge in [-0.1, -0.05) is 25.9 Å². The summed E-state index contributed by atoms with van der Waals surface area (Å²) in [5.74, 6) is 1.36. The molecule has 9 heteroatoms. The van der Waals surface area contributed by atoms with Crippen molar-refractivity contribution in [3.63, 3.8) is 0 Å². The number of hydrogen-bond acceptors (Lipinski definition) is 7. The molecule has 3 aromatic heterocycles. The number of nitrogens with one attached hydrogen (secondary N) is 2. The van der Waals surface area contributed by atoms with Crippen LogP contribution in [-0.4, -0.2) is 27.1 Å². The van der Waals surface area contributed by atoms with Crippen molar-refractivity contribution in [2.24, 2.45) is 0 Å². The number of carbonyl (C=O) groups excluding carboxylic acids is 2. The predicted molar refractivity (Wildman–Crippen MR) is 126 cm³/mol. The zero-order valence-electron chi connectivity index (χ0n) is 18.8. The first-order valence-corrected chi connectivity index (χ1v) is 10.7. The van der Waals surface area contributed by atoms with Crippen molar-refractivity contribution in [2.75, 3.05) is 10.6 Å². The molecule has 0 aliphatic heterocycles. The maximum absolute atomic E-state index is 13.0. The van der Waals surface area contributed by atoms with Gasteiger partial charge in [0.2, 0.25) is 5.78 Å². The number of carbonyl (C=O) groups is 2. The molecule has 9 nitrogen and oxygen atoms in total. The van der Waals surface area contributed by atoms with Crippen LogP contribution in [0.4, 0.5) is 16.4 Å². The van der Waals surface area contributed by atoms with Crippen LogP contribution in [0.5, 0.6) is 5.75 Å². The fourth-order valence-corrected chi connectivity index (χ4v) is 3.69. The third kappa shape index (κ3) is 4.15. The highest BCUT2D eigenvalue weighted by molar-refractivity contribution is 6.12. The number of aromatic nitrogens is 2. The lowest BCUT2D eigenvalue weighted by Crippen LogP contribution is -2.20. The molecule has 0 radical (unpaired) electrons. The first-order valence-electron chi connectivity index (χ1n) is 10.7. The van der Waals surface area contributed by atoms with Gasteiger partial charge in [0.1, 0.15) is 22.9 Å². The van der Waals surface area contributed by atoms with Gasteiger partial charge in [-0.05, 0) is 47.5 Å². The lowest BCUT2D eigenvalue weighted by atomic mass is 9.93. The van der Waals surface area contributed by atoms with Crippen LogP contribution in [0.25, 0.3) is 17.0 Å². The molecule has 1 aliphatic carbocycles. The molecule has 0 atom stereocenters. The highest BCUT2D eigenvalue weighted by atomic mass is 16.5. The zero-order valence-corrected chi connectivity index (χ0v) is 18.8. The van der Waals surface area contributed by atoms with Crippen molar-refractivity contribution < 1.29 is 23.6 Å². The van der Waals surface area contributed by atoms with Gasteiger partial charge in [0.05, 0.1) is 0 Å². The van der Waals surface area contributed by atoms with E-state index in [-0.39, 0.29) is 22.7 Å². The normalized spacial score (nSPS) is 13.0. The van der Waals surface area contributed by atoms with E-state index in [2.05, 4.69) is 20.8 Å². The lowest BCUT2D eigenvalue weighted by molar-refractivity contribution is 0.101. The number of hydrogen-bond donors (Lipinski definition) is 3. The first-order chi connectivity index (χ1) is 16.2. The molecule has 3 N–H and O–H groups in total. The van der Waals surface area contributed by atoms with Crippen molar-refractivity contribution in [2.45, 2.75) is 32.6 Å². The van der Waals surface area contributed by atoms with Crippen molar-refractivity contribution in [3.05, 3.63) is 70.8 Å². The average Bonchev–Trinajstić information content (AvgIpc) is 3.49. The number of benzene rings is 1. The van der Waals surface area contributed by atoms with Gasteiger partial charge in [0, 0.05) is 35.1 Å². The Morgan fingerprint density at radius 2 is 1.85 bits per heavy atom. The van der Waals surface area contributed by atoms with Crippen LogP contribution >= 0.6 is 0 Å². The Morgan fingerprint density at radius 1 is 1.06 bits per heavy atom. The zero-order chi connectivity index (χ0) is 24.0. The lowest BCUT2D eigenvalue weighted by Gasteiger charge is -2.12. The van der Waals surface area contributed by atoms with Crippen LogP contribution in [0.2, 0.25) is 0 Å². The number of phenolic OH excluding ortho intramolecular Hbond substituents is 1. The molecule has 172 valence electrons. The second-order valence-corrected chi connectivity index (χ2v) is 9.18. The number of rotatable bonds is 4. The van der Waals surface area contributed by atoms with E-state index >= 15 is 0 Å². The Balaban J connectivity index is 1.29. The molecule has 2 amide bonds. The number of allylic oxidation sites excluding steroid dienone is 1. The predicted octanol–water partition coefficient (Wildman–Crippen LogP) is 5.29. The molecular formula is C25H22N4O5. The molecule has 1 aliphatic rings. The largest absolute Gasteiger partial charge is 0.508 e. The number of ketones is 1. The first kappa shape index (κ1) is 21.4. The fraction of sp³-hybridized carbons (Fsp3) is 0.200. The highest BCUT2D eigenvalue weighted by Crippen LogP contribution is 2.31. The molecule has 0 saturated heterocycles. The second kappa shape index (κ2) is 7.87. The molecule has 0 fully saturated rings. The Labute approximate surface area is 194 Å². The van der Waals surface area contributed by atoms with Gasteiger partial charge >= 0.3 is 6.03 Å². The van der Waals surface area contributed by atoms with Crippen LogP contribution < -0.4 is 10.6 Å². The summed E-state index contributed by atoms with van der Waals surface area (Å²) in [7, 11) is 0. The van der Waals surface area contributed by atoms with Gasteiger partial charge in [0.15, 0.2) is 11.6 Å². The van der Waals surface area contributed by atoms with Crippen molar-refractivity contribution in [1.29, 1.82) is 0 Å². The maximum atomic E-state index is 13.0. The van der Waals surface area contributed by atoms with Crippen LogP contribution in [0, 0.1) is 0 Å². The van der Waals surface area contributed by atoms with E-state index in [1.807, 2.05) is 20.8 Å². The summed E-state index contributed by atoms with van der Waals surface area (Å²) in [5.41, 5.74) is 2.52. The third-order valence-corrected chi connectivity index (χ3v) is 5.48. The van der Waals surface area contributed by atoms with Gasteiger partial charge in [-0.2, -0.15) is 0 Å². The van der Waals surface area contributed by atoms with Crippen LogP contribution in [-0.2, 0) is 11.8 Å². The summed E-state index contributed by atoms with van der Waals surface area (Å²) in [6.07, 6.45) is 3.80. The summed E-state index contributed by atoms with van der Waals surface area (Å²) >= 11 is 0. The van der Waals surface area contributed by atoms with E-state index in [1.54, 1.807) is 42.6 Å². The van der Waals surface area contributed by atoms with Gasteiger partial charge in [-0.3, -0.25) is 15.4 Å². The van der Waals surface area contributed by atoms with Gasteiger partial charge in [-0.15, -0.1) is 0 Å². The van der Waals surface area contributed by atoms with Gasteiger partial charge in [-0.25, -0.2) is 9.78 Å². The minimum atomic E-state index is -0.509. The minimum Gasteiger partial charge on any atom is -0.508 e. The van der Waals surface area contributed by atoms with E-state index in [1.165, 1.54) is 6.07 Å². The summed E-state index contributed by atoms with van der Waals surface area (Å²) in [6, 6.07) is 9.16.